The molecule has 0 aliphatic carbocycles. The van der Waals surface area contributed by atoms with Crippen molar-refractivity contribution in [1.82, 2.24) is 0 Å². The van der Waals surface area contributed by atoms with E-state index in [1.807, 2.05) is 24.3 Å². The fourth-order valence-corrected chi connectivity index (χ4v) is 1.38. The third kappa shape index (κ3) is 3.06. The van der Waals surface area contributed by atoms with Gasteiger partial charge in [0, 0.05) is 22.0 Å². The predicted octanol–water partition coefficient (Wildman–Crippen LogP) is 2.76. The lowest BCUT2D eigenvalue weighted by molar-refractivity contribution is 0.733. The summed E-state index contributed by atoms with van der Waals surface area (Å²) in [5.74, 6) is 0. The summed E-state index contributed by atoms with van der Waals surface area (Å²) in [5, 5.41) is 3.42. The highest BCUT2D eigenvalue weighted by molar-refractivity contribution is 9.10. The number of rotatable bonds is 3. The minimum atomic E-state index is -0.228. The Labute approximate surface area is 84.5 Å². The number of nitrogens with two attached hydrogens (primary N) is 1. The fraction of sp³-hybridized carbons (Fsp3) is 0.250. The average molecular weight is 241 g/mol. The van der Waals surface area contributed by atoms with Crippen LogP contribution in [0.4, 0.5) is 0 Å². The molecule has 0 unspecified atom stereocenters. The summed E-state index contributed by atoms with van der Waals surface area (Å²) in [4.78, 5) is 2.66. The Morgan fingerprint density at radius 1 is 1.62 bits per heavy atom. The summed E-state index contributed by atoms with van der Waals surface area (Å²) in [6.45, 7) is 0.285. The lowest BCUT2D eigenvalue weighted by Crippen LogP contribution is -2.12. The van der Waals surface area contributed by atoms with Gasteiger partial charge in [-0.25, -0.2) is 0 Å². The highest BCUT2D eigenvalue weighted by atomic mass is 79.9. The van der Waals surface area contributed by atoms with E-state index < -0.39 is 0 Å². The van der Waals surface area contributed by atoms with Crippen LogP contribution in [0, 0.1) is 0 Å². The summed E-state index contributed by atoms with van der Waals surface area (Å²) in [6.07, 6.45) is 0. The second-order valence-electron chi connectivity index (χ2n) is 2.57. The molecule has 0 aliphatic rings. The molecule has 68 valence electrons. The molecule has 0 spiro atoms. The van der Waals surface area contributed by atoms with E-state index in [0.29, 0.717) is 0 Å². The molecule has 0 fully saturated rings. The van der Waals surface area contributed by atoms with Gasteiger partial charge in [-0.3, -0.25) is 0 Å². The molecule has 13 heavy (non-hydrogen) atoms. The quantitative estimate of drug-likeness (QED) is 0.493. The van der Waals surface area contributed by atoms with Crippen LogP contribution in [0.2, 0.25) is 0 Å². The van der Waals surface area contributed by atoms with Gasteiger partial charge in [-0.05, 0) is 23.2 Å². The van der Waals surface area contributed by atoms with Gasteiger partial charge in [-0.15, -0.1) is 0 Å². The molecule has 0 saturated heterocycles. The summed E-state index contributed by atoms with van der Waals surface area (Å²) < 4.78 is 0.974. The number of hydrogen-bond donors (Lipinski definition) is 1. The van der Waals surface area contributed by atoms with E-state index in [1.54, 1.807) is 0 Å². The van der Waals surface area contributed by atoms with Gasteiger partial charge in [-0.2, -0.15) is 0 Å². The summed E-state index contributed by atoms with van der Waals surface area (Å²) in [6, 6.07) is 7.41. The summed E-state index contributed by atoms with van der Waals surface area (Å²) in [7, 11) is 0. The molecular formula is C8H9BrN4. The first kappa shape index (κ1) is 10.1. The van der Waals surface area contributed by atoms with Crippen LogP contribution in [0.15, 0.2) is 33.9 Å². The van der Waals surface area contributed by atoms with E-state index in [2.05, 4.69) is 26.0 Å². The molecule has 2 N–H and O–H groups in total. The van der Waals surface area contributed by atoms with E-state index in [1.165, 1.54) is 0 Å². The maximum absolute atomic E-state index is 8.11. The topological polar surface area (TPSA) is 74.8 Å². The van der Waals surface area contributed by atoms with Gasteiger partial charge in [0.1, 0.15) is 0 Å². The number of hydrogen-bond acceptors (Lipinski definition) is 2. The van der Waals surface area contributed by atoms with Gasteiger partial charge in [0.05, 0.1) is 0 Å². The molecule has 5 heteroatoms. The molecule has 1 aromatic carbocycles. The maximum Gasteiger partial charge on any atom is 0.0451 e. The lowest BCUT2D eigenvalue weighted by Gasteiger charge is -2.08. The summed E-state index contributed by atoms with van der Waals surface area (Å²) >= 11 is 3.34. The Kier molecular flexibility index (Phi) is 3.76. The van der Waals surface area contributed by atoms with Gasteiger partial charge >= 0.3 is 0 Å². The molecule has 0 heterocycles. The van der Waals surface area contributed by atoms with Crippen LogP contribution in [-0.4, -0.2) is 6.54 Å². The van der Waals surface area contributed by atoms with Crippen molar-refractivity contribution in [1.29, 1.82) is 0 Å². The average Bonchev–Trinajstić information content (AvgIpc) is 2.14. The third-order valence-electron chi connectivity index (χ3n) is 1.62. The molecule has 0 radical (unpaired) electrons. The molecule has 1 aromatic rings. The van der Waals surface area contributed by atoms with Crippen molar-refractivity contribution in [3.63, 3.8) is 0 Å². The highest BCUT2D eigenvalue weighted by Crippen LogP contribution is 2.16. The molecule has 4 nitrogen and oxygen atoms in total. The minimum Gasteiger partial charge on any atom is -0.324 e. The van der Waals surface area contributed by atoms with Gasteiger partial charge in [-0.1, -0.05) is 33.2 Å². The van der Waals surface area contributed by atoms with E-state index in [0.717, 1.165) is 10.0 Å². The predicted molar refractivity (Wildman–Crippen MR) is 55.1 cm³/mol. The first-order chi connectivity index (χ1) is 6.24. The van der Waals surface area contributed by atoms with E-state index in [9.17, 15) is 0 Å². The molecular weight excluding hydrogens is 232 g/mol. The van der Waals surface area contributed by atoms with Gasteiger partial charge in [0.2, 0.25) is 0 Å². The summed E-state index contributed by atoms with van der Waals surface area (Å²) in [5.41, 5.74) is 14.8. The standard InChI is InChI=1S/C8H9BrN4/c9-7-3-1-2-6(4-7)8(10)5-12-13-11/h1-4,8H,5,10H2/t8-/m1/s1. The molecule has 1 atom stereocenters. The fourth-order valence-electron chi connectivity index (χ4n) is 0.967. The largest absolute Gasteiger partial charge is 0.324 e. The number of nitrogens with zero attached hydrogens (tertiary/aromatic N) is 3. The zero-order valence-electron chi connectivity index (χ0n) is 6.89. The van der Waals surface area contributed by atoms with Crippen LogP contribution in [0.3, 0.4) is 0 Å². The van der Waals surface area contributed by atoms with E-state index in [4.69, 9.17) is 11.3 Å². The third-order valence-corrected chi connectivity index (χ3v) is 2.11. The van der Waals surface area contributed by atoms with Crippen molar-refractivity contribution in [3.05, 3.63) is 44.7 Å². The highest BCUT2D eigenvalue weighted by Gasteiger charge is 2.03. The monoisotopic (exact) mass is 240 g/mol. The van der Waals surface area contributed by atoms with Crippen molar-refractivity contribution < 1.29 is 0 Å². The number of benzene rings is 1. The van der Waals surface area contributed by atoms with Crippen LogP contribution in [-0.2, 0) is 0 Å². The van der Waals surface area contributed by atoms with Gasteiger partial charge in [0.25, 0.3) is 0 Å². The second-order valence-corrected chi connectivity index (χ2v) is 3.49. The van der Waals surface area contributed by atoms with Crippen molar-refractivity contribution in [3.8, 4) is 0 Å². The van der Waals surface area contributed by atoms with Crippen LogP contribution in [0.1, 0.15) is 11.6 Å². The SMILES string of the molecule is [N-]=[N+]=NC[C@@H](N)c1cccc(Br)c1. The molecule has 1 rings (SSSR count). The second kappa shape index (κ2) is 4.87. The van der Waals surface area contributed by atoms with Gasteiger partial charge < -0.3 is 5.73 Å². The molecule has 0 amide bonds. The van der Waals surface area contributed by atoms with E-state index >= 15 is 0 Å². The normalized spacial score (nSPS) is 11.8. The minimum absolute atomic E-state index is 0.228. The van der Waals surface area contributed by atoms with Crippen molar-refractivity contribution in [2.45, 2.75) is 6.04 Å². The lowest BCUT2D eigenvalue weighted by atomic mass is 10.1. The molecule has 0 bridgehead atoms. The number of halogens is 1. The van der Waals surface area contributed by atoms with Crippen molar-refractivity contribution in [2.24, 2.45) is 10.8 Å². The molecule has 0 saturated carbocycles. The smallest absolute Gasteiger partial charge is 0.0451 e. The van der Waals surface area contributed by atoms with Crippen LogP contribution in [0.25, 0.3) is 10.4 Å². The Morgan fingerprint density at radius 3 is 3.00 bits per heavy atom. The molecule has 0 aliphatic heterocycles. The Morgan fingerprint density at radius 2 is 2.38 bits per heavy atom. The Balaban J connectivity index is 2.76. The van der Waals surface area contributed by atoms with E-state index in [-0.39, 0.29) is 12.6 Å². The Bertz CT molecular complexity index is 333. The van der Waals surface area contributed by atoms with Crippen LogP contribution in [0.5, 0.6) is 0 Å². The Hall–Kier alpha value is -1.03. The van der Waals surface area contributed by atoms with Gasteiger partial charge in [0.15, 0.2) is 0 Å². The maximum atomic E-state index is 8.11. The zero-order chi connectivity index (χ0) is 9.68. The molecule has 0 aromatic heterocycles. The first-order valence-electron chi connectivity index (χ1n) is 3.76. The zero-order valence-corrected chi connectivity index (χ0v) is 8.48. The first-order valence-corrected chi connectivity index (χ1v) is 4.55. The van der Waals surface area contributed by atoms with Crippen molar-refractivity contribution >= 4 is 15.9 Å². The number of azide groups is 1. The van der Waals surface area contributed by atoms with Crippen LogP contribution >= 0.6 is 15.9 Å². The van der Waals surface area contributed by atoms with Crippen molar-refractivity contribution in [2.75, 3.05) is 6.54 Å². The van der Waals surface area contributed by atoms with Crippen LogP contribution < -0.4 is 5.73 Å².